The first-order valence-electron chi connectivity index (χ1n) is 7.16. The van der Waals surface area contributed by atoms with Crippen LogP contribution < -0.4 is 0 Å². The van der Waals surface area contributed by atoms with Gasteiger partial charge in [0.2, 0.25) is 0 Å². The summed E-state index contributed by atoms with van der Waals surface area (Å²) >= 11 is 0. The summed E-state index contributed by atoms with van der Waals surface area (Å²) in [5, 5.41) is 11.0. The van der Waals surface area contributed by atoms with Crippen LogP contribution >= 0.6 is 0 Å². The zero-order valence-corrected chi connectivity index (χ0v) is 12.8. The van der Waals surface area contributed by atoms with Gasteiger partial charge in [-0.25, -0.2) is 9.79 Å². The van der Waals surface area contributed by atoms with Crippen molar-refractivity contribution in [3.05, 3.63) is 64.2 Å². The Kier molecular flexibility index (Phi) is 4.15. The molecule has 1 aliphatic heterocycles. The average molecular weight is 323 g/mol. The van der Waals surface area contributed by atoms with Gasteiger partial charge in [0.25, 0.3) is 5.69 Å². The number of rotatable bonds is 3. The topological polar surface area (TPSA) is 94.2 Å². The molecule has 0 radical (unpaired) electrons. The molecule has 7 nitrogen and oxygen atoms in total. The minimum Gasteiger partial charge on any atom is -0.465 e. The molecule has 3 rings (SSSR count). The molecule has 0 bridgehead atoms. The summed E-state index contributed by atoms with van der Waals surface area (Å²) < 4.78 is 4.77. The molecular formula is C17H13N3O4. The summed E-state index contributed by atoms with van der Waals surface area (Å²) in [5.74, 6) is -0.551. The van der Waals surface area contributed by atoms with E-state index in [1.165, 1.54) is 19.2 Å². The number of aliphatic imine (C=N–C) groups is 2. The van der Waals surface area contributed by atoms with Gasteiger partial charge >= 0.3 is 5.97 Å². The molecule has 0 aromatic heterocycles. The van der Waals surface area contributed by atoms with Crippen LogP contribution in [0.25, 0.3) is 0 Å². The van der Waals surface area contributed by atoms with Gasteiger partial charge in [-0.05, 0) is 12.1 Å². The number of carbonyl (C=O) groups excluding carboxylic acids is 1. The second kappa shape index (κ2) is 6.41. The first-order chi connectivity index (χ1) is 11.6. The number of para-hydroxylation sites is 2. The van der Waals surface area contributed by atoms with Gasteiger partial charge in [-0.2, -0.15) is 0 Å². The van der Waals surface area contributed by atoms with E-state index in [1.54, 1.807) is 30.3 Å². The van der Waals surface area contributed by atoms with Crippen molar-refractivity contribution in [1.29, 1.82) is 0 Å². The fourth-order valence-corrected chi connectivity index (χ4v) is 2.38. The van der Waals surface area contributed by atoms with E-state index in [0.717, 1.165) is 0 Å². The molecular weight excluding hydrogens is 310 g/mol. The van der Waals surface area contributed by atoms with E-state index in [9.17, 15) is 14.9 Å². The van der Waals surface area contributed by atoms with Gasteiger partial charge in [-0.3, -0.25) is 15.1 Å². The highest BCUT2D eigenvalue weighted by atomic mass is 16.6. The minimum atomic E-state index is -0.551. The summed E-state index contributed by atoms with van der Waals surface area (Å²) in [6.07, 6.45) is 0.128. The smallest absolute Gasteiger partial charge is 0.352 e. The van der Waals surface area contributed by atoms with Crippen molar-refractivity contribution in [3.63, 3.8) is 0 Å². The SMILES string of the molecule is COC(=O)C1=Nc2ccccc2N=C(c2cccc([N+](=O)[O-])c2)C1. The number of nitrogens with zero attached hydrogens (tertiary/aromatic N) is 3. The van der Waals surface area contributed by atoms with E-state index >= 15 is 0 Å². The van der Waals surface area contributed by atoms with Crippen LogP contribution in [0.1, 0.15) is 12.0 Å². The molecule has 2 aromatic rings. The van der Waals surface area contributed by atoms with Gasteiger partial charge in [0.15, 0.2) is 0 Å². The lowest BCUT2D eigenvalue weighted by atomic mass is 10.0. The molecule has 0 unspecified atom stereocenters. The fraction of sp³-hybridized carbons (Fsp3) is 0.118. The molecule has 0 fully saturated rings. The molecule has 120 valence electrons. The van der Waals surface area contributed by atoms with Crippen LogP contribution in [0.15, 0.2) is 58.5 Å². The third-order valence-corrected chi connectivity index (χ3v) is 3.54. The number of nitro groups is 1. The first-order valence-corrected chi connectivity index (χ1v) is 7.16. The Morgan fingerprint density at radius 3 is 2.50 bits per heavy atom. The van der Waals surface area contributed by atoms with Crippen molar-refractivity contribution < 1.29 is 14.5 Å². The van der Waals surface area contributed by atoms with E-state index in [-0.39, 0.29) is 17.8 Å². The Labute approximate surface area is 137 Å². The Morgan fingerprint density at radius 1 is 1.12 bits per heavy atom. The number of hydrogen-bond acceptors (Lipinski definition) is 6. The first kappa shape index (κ1) is 15.5. The van der Waals surface area contributed by atoms with Gasteiger partial charge in [0.1, 0.15) is 5.71 Å². The monoisotopic (exact) mass is 323 g/mol. The van der Waals surface area contributed by atoms with Crippen molar-refractivity contribution in [3.8, 4) is 0 Å². The second-order valence-electron chi connectivity index (χ2n) is 5.08. The maximum Gasteiger partial charge on any atom is 0.352 e. The summed E-state index contributed by atoms with van der Waals surface area (Å²) in [6, 6.07) is 13.3. The molecule has 0 saturated heterocycles. The van der Waals surface area contributed by atoms with Crippen molar-refractivity contribution in [2.75, 3.05) is 7.11 Å². The molecule has 0 aliphatic carbocycles. The lowest BCUT2D eigenvalue weighted by Crippen LogP contribution is -2.19. The Balaban J connectivity index is 2.13. The number of hydrogen-bond donors (Lipinski definition) is 0. The van der Waals surface area contributed by atoms with Crippen molar-refractivity contribution >= 4 is 34.5 Å². The van der Waals surface area contributed by atoms with Gasteiger partial charge < -0.3 is 4.74 Å². The third-order valence-electron chi connectivity index (χ3n) is 3.54. The molecule has 0 saturated carbocycles. The maximum absolute atomic E-state index is 12.0. The van der Waals surface area contributed by atoms with Crippen molar-refractivity contribution in [1.82, 2.24) is 0 Å². The summed E-state index contributed by atoms with van der Waals surface area (Å²) in [4.78, 5) is 31.4. The number of methoxy groups -OCH3 is 1. The molecule has 0 atom stereocenters. The Morgan fingerprint density at radius 2 is 1.83 bits per heavy atom. The van der Waals surface area contributed by atoms with Crippen LogP contribution in [-0.4, -0.2) is 29.4 Å². The zero-order valence-electron chi connectivity index (χ0n) is 12.8. The van der Waals surface area contributed by atoms with Crippen molar-refractivity contribution in [2.24, 2.45) is 9.98 Å². The van der Waals surface area contributed by atoms with E-state index in [4.69, 9.17) is 4.74 Å². The van der Waals surface area contributed by atoms with Crippen LogP contribution in [0, 0.1) is 10.1 Å². The average Bonchev–Trinajstić information content (AvgIpc) is 2.80. The highest BCUT2D eigenvalue weighted by Crippen LogP contribution is 2.32. The number of esters is 1. The van der Waals surface area contributed by atoms with Crippen molar-refractivity contribution in [2.45, 2.75) is 6.42 Å². The van der Waals surface area contributed by atoms with Gasteiger partial charge in [0, 0.05) is 24.1 Å². The van der Waals surface area contributed by atoms with E-state index in [1.807, 2.05) is 6.07 Å². The summed E-state index contributed by atoms with van der Waals surface area (Å²) in [7, 11) is 1.28. The van der Waals surface area contributed by atoms with E-state index in [0.29, 0.717) is 22.6 Å². The largest absolute Gasteiger partial charge is 0.465 e. The Bertz CT molecular complexity index is 887. The molecule has 7 heteroatoms. The number of carbonyl (C=O) groups is 1. The van der Waals surface area contributed by atoms with Crippen LogP contribution in [0.4, 0.5) is 17.1 Å². The minimum absolute atomic E-state index is 0.0377. The highest BCUT2D eigenvalue weighted by molar-refractivity contribution is 6.42. The second-order valence-corrected chi connectivity index (χ2v) is 5.08. The molecule has 0 amide bonds. The van der Waals surface area contributed by atoms with E-state index < -0.39 is 10.9 Å². The molecule has 0 spiro atoms. The number of fused-ring (bicyclic) bond motifs is 1. The molecule has 0 N–H and O–H groups in total. The fourth-order valence-electron chi connectivity index (χ4n) is 2.38. The number of benzene rings is 2. The quantitative estimate of drug-likeness (QED) is 0.491. The molecule has 24 heavy (non-hydrogen) atoms. The lowest BCUT2D eigenvalue weighted by Gasteiger charge is -2.06. The van der Waals surface area contributed by atoms with Crippen LogP contribution in [0.3, 0.4) is 0 Å². The Hall–Kier alpha value is -3.35. The number of non-ortho nitro benzene ring substituents is 1. The molecule has 1 heterocycles. The third kappa shape index (κ3) is 3.05. The maximum atomic E-state index is 12.0. The predicted molar refractivity (Wildman–Crippen MR) is 89.5 cm³/mol. The summed E-state index contributed by atoms with van der Waals surface area (Å²) in [5.41, 5.74) is 2.40. The zero-order chi connectivity index (χ0) is 17.1. The number of ether oxygens (including phenoxy) is 1. The van der Waals surface area contributed by atoms with Gasteiger partial charge in [-0.1, -0.05) is 24.3 Å². The highest BCUT2D eigenvalue weighted by Gasteiger charge is 2.21. The van der Waals surface area contributed by atoms with E-state index in [2.05, 4.69) is 9.98 Å². The normalized spacial score (nSPS) is 13.2. The van der Waals surface area contributed by atoms with Crippen LogP contribution in [0.5, 0.6) is 0 Å². The lowest BCUT2D eigenvalue weighted by molar-refractivity contribution is -0.384. The number of nitro benzene ring substituents is 1. The molecule has 1 aliphatic rings. The summed E-state index contributed by atoms with van der Waals surface area (Å²) in [6.45, 7) is 0. The van der Waals surface area contributed by atoms with Gasteiger partial charge in [-0.15, -0.1) is 0 Å². The standard InChI is InChI=1S/C17H13N3O4/c1-24-17(21)16-10-15(11-5-4-6-12(9-11)20(22)23)18-13-7-2-3-8-14(13)19-16/h2-9H,10H2,1H3. The predicted octanol–water partition coefficient (Wildman–Crippen LogP) is 3.36. The van der Waals surface area contributed by atoms with Crippen LogP contribution in [-0.2, 0) is 9.53 Å². The van der Waals surface area contributed by atoms with Gasteiger partial charge in [0.05, 0.1) is 29.1 Å². The van der Waals surface area contributed by atoms with Crippen LogP contribution in [0.2, 0.25) is 0 Å². The molecule has 2 aromatic carbocycles.